The number of aromatic hydroxyl groups is 1. The third kappa shape index (κ3) is 3.34. The molecule has 0 aliphatic carbocycles. The van der Waals surface area contributed by atoms with Crippen molar-refractivity contribution in [3.63, 3.8) is 0 Å². The summed E-state index contributed by atoms with van der Waals surface area (Å²) >= 11 is 0. The molecule has 1 aliphatic heterocycles. The number of phenolic OH excluding ortho intramolecular Hbond substituents is 1. The number of hydrogen-bond acceptors (Lipinski definition) is 5. The van der Waals surface area contributed by atoms with Gasteiger partial charge in [0, 0.05) is 12.6 Å². The number of benzene rings is 1. The zero-order valence-electron chi connectivity index (χ0n) is 14.0. The van der Waals surface area contributed by atoms with Crippen molar-refractivity contribution in [2.24, 2.45) is 0 Å². The monoisotopic (exact) mass is 316 g/mol. The molecule has 1 fully saturated rings. The van der Waals surface area contributed by atoms with E-state index in [1.54, 1.807) is 13.2 Å². The van der Waals surface area contributed by atoms with E-state index in [9.17, 15) is 5.11 Å². The highest BCUT2D eigenvalue weighted by molar-refractivity contribution is 5.41. The van der Waals surface area contributed by atoms with Crippen molar-refractivity contribution in [1.82, 2.24) is 10.1 Å². The average Bonchev–Trinajstić information content (AvgIpc) is 3.17. The average molecular weight is 316 g/mol. The molecule has 0 radical (unpaired) electrons. The van der Waals surface area contributed by atoms with Gasteiger partial charge in [-0.1, -0.05) is 25.1 Å². The molecule has 5 nitrogen and oxygen atoms in total. The van der Waals surface area contributed by atoms with Gasteiger partial charge in [-0.2, -0.15) is 0 Å². The molecule has 1 aliphatic rings. The van der Waals surface area contributed by atoms with Gasteiger partial charge in [0.15, 0.2) is 17.3 Å². The van der Waals surface area contributed by atoms with E-state index in [4.69, 9.17) is 9.26 Å². The van der Waals surface area contributed by atoms with Crippen LogP contribution in [-0.4, -0.2) is 28.8 Å². The Hall–Kier alpha value is -2.01. The van der Waals surface area contributed by atoms with E-state index in [-0.39, 0.29) is 11.8 Å². The summed E-state index contributed by atoms with van der Waals surface area (Å²) in [6.07, 6.45) is 2.24. The van der Waals surface area contributed by atoms with Crippen LogP contribution in [0.5, 0.6) is 11.5 Å². The molecule has 0 saturated carbocycles. The number of ether oxygens (including phenoxy) is 1. The fraction of sp³-hybridized carbons (Fsp3) is 0.500. The van der Waals surface area contributed by atoms with Crippen LogP contribution in [-0.2, 0) is 6.54 Å². The maximum absolute atomic E-state index is 9.72. The van der Waals surface area contributed by atoms with Crippen molar-refractivity contribution in [1.29, 1.82) is 0 Å². The summed E-state index contributed by atoms with van der Waals surface area (Å²) in [4.78, 5) is 2.40. The highest BCUT2D eigenvalue weighted by Crippen LogP contribution is 2.35. The second-order valence-corrected chi connectivity index (χ2v) is 6.44. The number of rotatable bonds is 5. The Morgan fingerprint density at radius 3 is 2.91 bits per heavy atom. The molecule has 5 heteroatoms. The Morgan fingerprint density at radius 1 is 1.39 bits per heavy atom. The quantitative estimate of drug-likeness (QED) is 0.908. The van der Waals surface area contributed by atoms with Crippen LogP contribution in [0.3, 0.4) is 0 Å². The van der Waals surface area contributed by atoms with Crippen LogP contribution < -0.4 is 4.74 Å². The Morgan fingerprint density at radius 2 is 2.22 bits per heavy atom. The Kier molecular flexibility index (Phi) is 4.57. The molecule has 0 bridgehead atoms. The largest absolute Gasteiger partial charge is 0.504 e. The summed E-state index contributed by atoms with van der Waals surface area (Å²) in [5.41, 5.74) is 2.13. The van der Waals surface area contributed by atoms with Gasteiger partial charge in [-0.15, -0.1) is 0 Å². The van der Waals surface area contributed by atoms with Crippen LogP contribution in [0, 0.1) is 0 Å². The lowest BCUT2D eigenvalue weighted by molar-refractivity contribution is 0.206. The number of likely N-dealkylation sites (tertiary alicyclic amines) is 1. The predicted octanol–water partition coefficient (Wildman–Crippen LogP) is 3.85. The van der Waals surface area contributed by atoms with E-state index >= 15 is 0 Å². The summed E-state index contributed by atoms with van der Waals surface area (Å²) in [5.74, 6) is 2.02. The summed E-state index contributed by atoms with van der Waals surface area (Å²) < 4.78 is 10.8. The normalized spacial score (nSPS) is 18.7. The molecular weight excluding hydrogens is 292 g/mol. The van der Waals surface area contributed by atoms with Crippen molar-refractivity contribution in [2.45, 2.75) is 45.2 Å². The van der Waals surface area contributed by atoms with E-state index in [1.807, 2.05) is 12.1 Å². The molecule has 0 amide bonds. The third-order valence-corrected chi connectivity index (χ3v) is 4.46. The molecule has 1 N–H and O–H groups in total. The summed E-state index contributed by atoms with van der Waals surface area (Å²) in [6.45, 7) is 6.08. The molecule has 1 atom stereocenters. The number of phenols is 1. The first-order chi connectivity index (χ1) is 11.1. The van der Waals surface area contributed by atoms with Gasteiger partial charge < -0.3 is 14.4 Å². The minimum Gasteiger partial charge on any atom is -0.504 e. The van der Waals surface area contributed by atoms with Gasteiger partial charge in [-0.3, -0.25) is 4.90 Å². The molecule has 2 heterocycles. The fourth-order valence-electron chi connectivity index (χ4n) is 3.13. The highest BCUT2D eigenvalue weighted by atomic mass is 16.5. The molecule has 1 saturated heterocycles. The maximum atomic E-state index is 9.72. The van der Waals surface area contributed by atoms with Crippen LogP contribution in [0.4, 0.5) is 0 Å². The van der Waals surface area contributed by atoms with Crippen molar-refractivity contribution >= 4 is 0 Å². The second-order valence-electron chi connectivity index (χ2n) is 6.44. The summed E-state index contributed by atoms with van der Waals surface area (Å²) in [6, 6.07) is 7.88. The van der Waals surface area contributed by atoms with Crippen LogP contribution >= 0.6 is 0 Å². The molecule has 0 unspecified atom stereocenters. The number of nitrogens with zero attached hydrogens (tertiary/aromatic N) is 2. The van der Waals surface area contributed by atoms with Gasteiger partial charge in [0.2, 0.25) is 0 Å². The van der Waals surface area contributed by atoms with Gasteiger partial charge >= 0.3 is 0 Å². The smallest absolute Gasteiger partial charge is 0.160 e. The topological polar surface area (TPSA) is 58.7 Å². The third-order valence-electron chi connectivity index (χ3n) is 4.46. The van der Waals surface area contributed by atoms with Crippen molar-refractivity contribution in [3.05, 3.63) is 41.3 Å². The van der Waals surface area contributed by atoms with Gasteiger partial charge in [-0.05, 0) is 43.0 Å². The highest BCUT2D eigenvalue weighted by Gasteiger charge is 2.29. The Balaban J connectivity index is 1.76. The molecule has 0 spiro atoms. The van der Waals surface area contributed by atoms with Gasteiger partial charge in [-0.25, -0.2) is 0 Å². The van der Waals surface area contributed by atoms with Gasteiger partial charge in [0.25, 0.3) is 0 Å². The molecule has 124 valence electrons. The Labute approximate surface area is 136 Å². The molecular formula is C18H24N2O3. The van der Waals surface area contributed by atoms with Crippen molar-refractivity contribution in [2.75, 3.05) is 13.7 Å². The van der Waals surface area contributed by atoms with Crippen LogP contribution in [0.2, 0.25) is 0 Å². The van der Waals surface area contributed by atoms with Crippen LogP contribution in [0.1, 0.15) is 55.7 Å². The van der Waals surface area contributed by atoms with Crippen molar-refractivity contribution in [3.8, 4) is 11.5 Å². The summed E-state index contributed by atoms with van der Waals surface area (Å²) in [5, 5.41) is 13.9. The SMILES string of the molecule is COc1cc(CN2CCC[C@@H]2c2cc(C(C)C)no2)ccc1O. The fourth-order valence-corrected chi connectivity index (χ4v) is 3.13. The first-order valence-electron chi connectivity index (χ1n) is 8.15. The second kappa shape index (κ2) is 6.62. The maximum Gasteiger partial charge on any atom is 0.160 e. The van der Waals surface area contributed by atoms with E-state index in [1.165, 1.54) is 0 Å². The van der Waals surface area contributed by atoms with E-state index in [0.717, 1.165) is 42.9 Å². The van der Waals surface area contributed by atoms with Crippen LogP contribution in [0.25, 0.3) is 0 Å². The molecule has 1 aromatic carbocycles. The zero-order chi connectivity index (χ0) is 16.4. The lowest BCUT2D eigenvalue weighted by Crippen LogP contribution is -2.22. The van der Waals surface area contributed by atoms with Crippen LogP contribution in [0.15, 0.2) is 28.8 Å². The summed E-state index contributed by atoms with van der Waals surface area (Å²) in [7, 11) is 1.57. The van der Waals surface area contributed by atoms with Gasteiger partial charge in [0.05, 0.1) is 18.8 Å². The molecule has 23 heavy (non-hydrogen) atoms. The number of methoxy groups -OCH3 is 1. The lowest BCUT2D eigenvalue weighted by Gasteiger charge is -2.22. The molecule has 3 rings (SSSR count). The number of aromatic nitrogens is 1. The molecule has 1 aromatic heterocycles. The molecule has 2 aromatic rings. The predicted molar refractivity (Wildman–Crippen MR) is 87.6 cm³/mol. The van der Waals surface area contributed by atoms with E-state index in [0.29, 0.717) is 11.7 Å². The minimum atomic E-state index is 0.172. The first-order valence-corrected chi connectivity index (χ1v) is 8.15. The zero-order valence-corrected chi connectivity index (χ0v) is 14.0. The van der Waals surface area contributed by atoms with Gasteiger partial charge in [0.1, 0.15) is 0 Å². The Bertz CT molecular complexity index is 666. The minimum absolute atomic E-state index is 0.172. The first kappa shape index (κ1) is 15.9. The lowest BCUT2D eigenvalue weighted by atomic mass is 10.1. The number of hydrogen-bond donors (Lipinski definition) is 1. The van der Waals surface area contributed by atoms with Crippen molar-refractivity contribution < 1.29 is 14.4 Å². The van der Waals surface area contributed by atoms with E-state index < -0.39 is 0 Å². The standard InChI is InChI=1S/C18H24N2O3/c1-12(2)14-10-17(23-19-14)15-5-4-8-20(15)11-13-6-7-16(21)18(9-13)22-3/h6-7,9-10,12,15,21H,4-5,8,11H2,1-3H3/t15-/m1/s1. The van der Waals surface area contributed by atoms with E-state index in [2.05, 4.69) is 30.0 Å².